The lowest BCUT2D eigenvalue weighted by Crippen LogP contribution is -2.32. The summed E-state index contributed by atoms with van der Waals surface area (Å²) in [6, 6.07) is 3.94. The van der Waals surface area contributed by atoms with Gasteiger partial charge in [-0.05, 0) is 25.3 Å². The van der Waals surface area contributed by atoms with Crippen LogP contribution in [0.3, 0.4) is 0 Å². The molecule has 1 aliphatic rings. The molecule has 2 nitrogen and oxygen atoms in total. The fourth-order valence-electron chi connectivity index (χ4n) is 1.94. The maximum atomic E-state index is 10.4. The largest absolute Gasteiger partial charge is 0.381 e. The van der Waals surface area contributed by atoms with Gasteiger partial charge < -0.3 is 9.84 Å². The van der Waals surface area contributed by atoms with Gasteiger partial charge in [-0.15, -0.1) is 11.3 Å². The summed E-state index contributed by atoms with van der Waals surface area (Å²) in [4.78, 5) is 1.02. The molecular formula is C10H14O2S. The maximum absolute atomic E-state index is 10.4. The number of rotatable bonds is 1. The van der Waals surface area contributed by atoms with Crippen molar-refractivity contribution in [1.82, 2.24) is 0 Å². The Bertz CT molecular complexity index is 283. The Kier molecular flexibility index (Phi) is 2.18. The maximum Gasteiger partial charge on any atom is 0.127 e. The first-order valence-corrected chi connectivity index (χ1v) is 5.43. The normalized spacial score (nSPS) is 39.6. The van der Waals surface area contributed by atoms with Crippen LogP contribution in [-0.2, 0) is 10.3 Å². The molecule has 1 fully saturated rings. The molecule has 0 aliphatic carbocycles. The topological polar surface area (TPSA) is 29.5 Å². The Hall–Kier alpha value is -0.380. The molecular weight excluding hydrogens is 184 g/mol. The van der Waals surface area contributed by atoms with Gasteiger partial charge in [-0.2, -0.15) is 0 Å². The van der Waals surface area contributed by atoms with E-state index in [1.807, 2.05) is 31.4 Å². The molecule has 0 saturated carbocycles. The first kappa shape index (κ1) is 9.19. The first-order chi connectivity index (χ1) is 6.13. The summed E-state index contributed by atoms with van der Waals surface area (Å²) in [7, 11) is 0. The Balaban J connectivity index is 2.31. The minimum atomic E-state index is -0.756. The predicted molar refractivity (Wildman–Crippen MR) is 52.8 cm³/mol. The van der Waals surface area contributed by atoms with Gasteiger partial charge in [0.1, 0.15) is 5.60 Å². The minimum absolute atomic E-state index is 0.0962. The van der Waals surface area contributed by atoms with E-state index >= 15 is 0 Å². The van der Waals surface area contributed by atoms with E-state index < -0.39 is 5.60 Å². The molecule has 1 aromatic heterocycles. The summed E-state index contributed by atoms with van der Waals surface area (Å²) >= 11 is 1.59. The zero-order valence-corrected chi connectivity index (χ0v) is 8.67. The van der Waals surface area contributed by atoms with Gasteiger partial charge in [0, 0.05) is 11.3 Å². The molecule has 0 spiro atoms. The van der Waals surface area contributed by atoms with Crippen LogP contribution in [0.4, 0.5) is 0 Å². The van der Waals surface area contributed by atoms with Crippen molar-refractivity contribution in [3.05, 3.63) is 22.4 Å². The third kappa shape index (κ3) is 1.41. The van der Waals surface area contributed by atoms with E-state index in [4.69, 9.17) is 4.74 Å². The van der Waals surface area contributed by atoms with Gasteiger partial charge in [0.05, 0.1) is 12.2 Å². The van der Waals surface area contributed by atoms with Crippen LogP contribution in [0.5, 0.6) is 0 Å². The molecule has 72 valence electrons. The SMILES string of the molecule is CC1CC(O)(c2cccs2)C(C)O1. The Morgan fingerprint density at radius 2 is 2.38 bits per heavy atom. The predicted octanol–water partition coefficient (Wildman–Crippen LogP) is 2.13. The Morgan fingerprint density at radius 3 is 2.85 bits per heavy atom. The van der Waals surface area contributed by atoms with Gasteiger partial charge in [0.2, 0.25) is 0 Å². The monoisotopic (exact) mass is 198 g/mol. The van der Waals surface area contributed by atoms with E-state index in [-0.39, 0.29) is 12.2 Å². The lowest BCUT2D eigenvalue weighted by molar-refractivity contribution is -0.0369. The van der Waals surface area contributed by atoms with Crippen molar-refractivity contribution in [2.24, 2.45) is 0 Å². The van der Waals surface area contributed by atoms with E-state index in [9.17, 15) is 5.11 Å². The molecule has 13 heavy (non-hydrogen) atoms. The van der Waals surface area contributed by atoms with Crippen molar-refractivity contribution in [2.75, 3.05) is 0 Å². The summed E-state index contributed by atoms with van der Waals surface area (Å²) in [6.07, 6.45) is 0.762. The fourth-order valence-corrected chi connectivity index (χ4v) is 2.85. The molecule has 0 amide bonds. The van der Waals surface area contributed by atoms with E-state index in [0.717, 1.165) is 4.88 Å². The Morgan fingerprint density at radius 1 is 1.62 bits per heavy atom. The summed E-state index contributed by atoms with van der Waals surface area (Å²) in [5.74, 6) is 0. The minimum Gasteiger partial charge on any atom is -0.381 e. The van der Waals surface area contributed by atoms with Crippen molar-refractivity contribution >= 4 is 11.3 Å². The zero-order chi connectivity index (χ0) is 9.47. The molecule has 3 unspecified atom stereocenters. The van der Waals surface area contributed by atoms with Crippen LogP contribution in [0.1, 0.15) is 25.1 Å². The highest BCUT2D eigenvalue weighted by molar-refractivity contribution is 7.10. The second-order valence-corrected chi connectivity index (χ2v) is 4.64. The van der Waals surface area contributed by atoms with E-state index in [1.165, 1.54) is 0 Å². The van der Waals surface area contributed by atoms with Crippen molar-refractivity contribution in [1.29, 1.82) is 0 Å². The summed E-state index contributed by atoms with van der Waals surface area (Å²) in [6.45, 7) is 3.94. The van der Waals surface area contributed by atoms with Crippen LogP contribution >= 0.6 is 11.3 Å². The lowest BCUT2D eigenvalue weighted by Gasteiger charge is -2.24. The molecule has 0 aromatic carbocycles. The van der Waals surface area contributed by atoms with E-state index in [2.05, 4.69) is 0 Å². The average molecular weight is 198 g/mol. The van der Waals surface area contributed by atoms with Crippen LogP contribution in [0, 0.1) is 0 Å². The van der Waals surface area contributed by atoms with Gasteiger partial charge in [0.15, 0.2) is 0 Å². The molecule has 3 heteroatoms. The van der Waals surface area contributed by atoms with Crippen LogP contribution in [-0.4, -0.2) is 17.3 Å². The molecule has 1 N–H and O–H groups in total. The number of ether oxygens (including phenoxy) is 1. The lowest BCUT2D eigenvalue weighted by atomic mass is 9.93. The van der Waals surface area contributed by atoms with Gasteiger partial charge in [0.25, 0.3) is 0 Å². The number of hydrogen-bond acceptors (Lipinski definition) is 3. The average Bonchev–Trinajstić information content (AvgIpc) is 2.61. The summed E-state index contributed by atoms with van der Waals surface area (Å²) < 4.78 is 5.56. The quantitative estimate of drug-likeness (QED) is 0.749. The number of thiophene rings is 1. The molecule has 1 saturated heterocycles. The smallest absolute Gasteiger partial charge is 0.127 e. The molecule has 0 bridgehead atoms. The van der Waals surface area contributed by atoms with E-state index in [0.29, 0.717) is 6.42 Å². The molecule has 3 atom stereocenters. The third-order valence-electron chi connectivity index (χ3n) is 2.66. The Labute approximate surface area is 82.2 Å². The van der Waals surface area contributed by atoms with Crippen LogP contribution in [0.15, 0.2) is 17.5 Å². The summed E-state index contributed by atoms with van der Waals surface area (Å²) in [5.41, 5.74) is -0.756. The third-order valence-corrected chi connectivity index (χ3v) is 3.69. The highest BCUT2D eigenvalue weighted by atomic mass is 32.1. The van der Waals surface area contributed by atoms with Crippen LogP contribution in [0.2, 0.25) is 0 Å². The number of hydrogen-bond donors (Lipinski definition) is 1. The van der Waals surface area contributed by atoms with E-state index in [1.54, 1.807) is 11.3 Å². The molecule has 2 rings (SSSR count). The van der Waals surface area contributed by atoms with Crippen molar-refractivity contribution in [2.45, 2.75) is 38.1 Å². The van der Waals surface area contributed by atoms with Gasteiger partial charge in [-0.3, -0.25) is 0 Å². The summed E-state index contributed by atoms with van der Waals surface area (Å²) in [5, 5.41) is 12.4. The van der Waals surface area contributed by atoms with Gasteiger partial charge >= 0.3 is 0 Å². The first-order valence-electron chi connectivity index (χ1n) is 4.55. The van der Waals surface area contributed by atoms with Gasteiger partial charge in [-0.25, -0.2) is 0 Å². The van der Waals surface area contributed by atoms with Crippen molar-refractivity contribution in [3.8, 4) is 0 Å². The van der Waals surface area contributed by atoms with Gasteiger partial charge in [-0.1, -0.05) is 6.07 Å². The molecule has 2 heterocycles. The fraction of sp³-hybridized carbons (Fsp3) is 0.600. The highest BCUT2D eigenvalue weighted by Gasteiger charge is 2.45. The molecule has 1 aliphatic heterocycles. The second kappa shape index (κ2) is 3.08. The van der Waals surface area contributed by atoms with Crippen molar-refractivity contribution < 1.29 is 9.84 Å². The standard InChI is InChI=1S/C10H14O2S/c1-7-6-10(11,8(2)12-7)9-4-3-5-13-9/h3-5,7-8,11H,6H2,1-2H3. The van der Waals surface area contributed by atoms with Crippen LogP contribution in [0.25, 0.3) is 0 Å². The zero-order valence-electron chi connectivity index (χ0n) is 7.86. The highest BCUT2D eigenvalue weighted by Crippen LogP contribution is 2.40. The number of aliphatic hydroxyl groups is 1. The molecule has 1 aromatic rings. The second-order valence-electron chi connectivity index (χ2n) is 3.69. The molecule has 0 radical (unpaired) electrons. The van der Waals surface area contributed by atoms with Crippen LogP contribution < -0.4 is 0 Å². The van der Waals surface area contributed by atoms with Crippen molar-refractivity contribution in [3.63, 3.8) is 0 Å².